The summed E-state index contributed by atoms with van der Waals surface area (Å²) in [6, 6.07) is 3.84. The number of nitrogens with two attached hydrogens (primary N) is 1. The molecular weight excluding hydrogens is 254 g/mol. The molecule has 110 valence electrons. The summed E-state index contributed by atoms with van der Waals surface area (Å²) in [5, 5.41) is 0. The average Bonchev–Trinajstić information content (AvgIpc) is 2.25. The highest BCUT2D eigenvalue weighted by molar-refractivity contribution is 5.78. The SMILES string of the molecule is CC(=O)CC(C)(C)c1c(C)cc(C)cc1OC(=O)CN. The molecule has 0 aliphatic carbocycles. The zero-order chi connectivity index (χ0) is 15.5. The predicted molar refractivity (Wildman–Crippen MR) is 78.9 cm³/mol. The number of ether oxygens (including phenoxy) is 1. The normalized spacial score (nSPS) is 11.3. The van der Waals surface area contributed by atoms with E-state index in [0.717, 1.165) is 16.7 Å². The van der Waals surface area contributed by atoms with Gasteiger partial charge in [-0.05, 0) is 38.0 Å². The Morgan fingerprint density at radius 2 is 1.85 bits per heavy atom. The van der Waals surface area contributed by atoms with Crippen LogP contribution in [0.25, 0.3) is 0 Å². The summed E-state index contributed by atoms with van der Waals surface area (Å²) in [6.07, 6.45) is 0.393. The molecule has 0 aliphatic heterocycles. The molecule has 0 aliphatic rings. The van der Waals surface area contributed by atoms with E-state index >= 15 is 0 Å². The van der Waals surface area contributed by atoms with Crippen LogP contribution < -0.4 is 10.5 Å². The first kappa shape index (κ1) is 16.4. The number of carbonyl (C=O) groups excluding carboxylic acids is 2. The minimum Gasteiger partial charge on any atom is -0.425 e. The van der Waals surface area contributed by atoms with Gasteiger partial charge in [0, 0.05) is 17.4 Å². The maximum atomic E-state index is 11.5. The molecule has 0 radical (unpaired) electrons. The number of Topliss-reactive ketones (excluding diaryl/α,β-unsaturated/α-hetero) is 1. The molecule has 4 heteroatoms. The topological polar surface area (TPSA) is 69.4 Å². The van der Waals surface area contributed by atoms with Crippen LogP contribution in [0, 0.1) is 13.8 Å². The van der Waals surface area contributed by atoms with Crippen molar-refractivity contribution in [3.8, 4) is 5.75 Å². The highest BCUT2D eigenvalue weighted by atomic mass is 16.5. The summed E-state index contributed by atoms with van der Waals surface area (Å²) < 4.78 is 5.35. The highest BCUT2D eigenvalue weighted by Crippen LogP contribution is 2.38. The van der Waals surface area contributed by atoms with E-state index in [9.17, 15) is 9.59 Å². The summed E-state index contributed by atoms with van der Waals surface area (Å²) in [7, 11) is 0. The fourth-order valence-electron chi connectivity index (χ4n) is 2.75. The number of carbonyl (C=O) groups is 2. The maximum absolute atomic E-state index is 11.5. The molecular formula is C16H23NO3. The second-order valence-electron chi connectivity index (χ2n) is 5.90. The van der Waals surface area contributed by atoms with Crippen molar-refractivity contribution in [1.82, 2.24) is 0 Å². The number of hydrogen-bond donors (Lipinski definition) is 1. The van der Waals surface area contributed by atoms with Crippen LogP contribution >= 0.6 is 0 Å². The molecule has 0 unspecified atom stereocenters. The van der Waals surface area contributed by atoms with E-state index < -0.39 is 11.4 Å². The molecule has 1 aromatic carbocycles. The van der Waals surface area contributed by atoms with Crippen LogP contribution in [0.4, 0.5) is 0 Å². The van der Waals surface area contributed by atoms with Gasteiger partial charge in [-0.25, -0.2) is 0 Å². The number of aryl methyl sites for hydroxylation is 2. The molecule has 0 bridgehead atoms. The molecule has 0 saturated heterocycles. The van der Waals surface area contributed by atoms with E-state index in [1.54, 1.807) is 6.92 Å². The molecule has 4 nitrogen and oxygen atoms in total. The molecule has 2 N–H and O–H groups in total. The second kappa shape index (κ2) is 6.18. The van der Waals surface area contributed by atoms with Crippen molar-refractivity contribution in [2.45, 2.75) is 46.5 Å². The third-order valence-electron chi connectivity index (χ3n) is 3.20. The van der Waals surface area contributed by atoms with Gasteiger partial charge in [0.1, 0.15) is 11.5 Å². The first-order valence-corrected chi connectivity index (χ1v) is 6.69. The minimum atomic E-state index is -0.477. The number of esters is 1. The Balaban J connectivity index is 3.35. The minimum absolute atomic E-state index is 0.103. The van der Waals surface area contributed by atoms with E-state index in [-0.39, 0.29) is 12.3 Å². The summed E-state index contributed by atoms with van der Waals surface area (Å²) >= 11 is 0. The van der Waals surface area contributed by atoms with Gasteiger partial charge in [-0.2, -0.15) is 0 Å². The monoisotopic (exact) mass is 277 g/mol. The summed E-state index contributed by atoms with van der Waals surface area (Å²) in [4.78, 5) is 23.0. The summed E-state index contributed by atoms with van der Waals surface area (Å²) in [5.74, 6) is 0.130. The smallest absolute Gasteiger partial charge is 0.325 e. The van der Waals surface area contributed by atoms with Gasteiger partial charge in [-0.1, -0.05) is 19.9 Å². The van der Waals surface area contributed by atoms with Crippen LogP contribution in [0.2, 0.25) is 0 Å². The molecule has 20 heavy (non-hydrogen) atoms. The van der Waals surface area contributed by atoms with Crippen LogP contribution in [-0.2, 0) is 15.0 Å². The largest absolute Gasteiger partial charge is 0.425 e. The van der Waals surface area contributed by atoms with Gasteiger partial charge < -0.3 is 10.5 Å². The average molecular weight is 277 g/mol. The first-order chi connectivity index (χ1) is 9.17. The number of ketones is 1. The molecule has 0 saturated carbocycles. The number of benzene rings is 1. The van der Waals surface area contributed by atoms with Crippen LogP contribution in [0.5, 0.6) is 5.75 Å². The van der Waals surface area contributed by atoms with Gasteiger partial charge in [-0.3, -0.25) is 9.59 Å². The molecule has 0 fully saturated rings. The fraction of sp³-hybridized carbons (Fsp3) is 0.500. The third-order valence-corrected chi connectivity index (χ3v) is 3.20. The first-order valence-electron chi connectivity index (χ1n) is 6.69. The lowest BCUT2D eigenvalue weighted by Gasteiger charge is -2.28. The fourth-order valence-corrected chi connectivity index (χ4v) is 2.75. The molecule has 0 atom stereocenters. The van der Waals surface area contributed by atoms with Gasteiger partial charge in [0.15, 0.2) is 0 Å². The Labute approximate surface area is 120 Å². The van der Waals surface area contributed by atoms with Crippen molar-refractivity contribution >= 4 is 11.8 Å². The van der Waals surface area contributed by atoms with E-state index in [1.165, 1.54) is 0 Å². The molecule has 0 heterocycles. The Hall–Kier alpha value is -1.68. The van der Waals surface area contributed by atoms with E-state index in [4.69, 9.17) is 10.5 Å². The Bertz CT molecular complexity index is 533. The Morgan fingerprint density at radius 1 is 1.25 bits per heavy atom. The maximum Gasteiger partial charge on any atom is 0.325 e. The van der Waals surface area contributed by atoms with Crippen LogP contribution in [0.3, 0.4) is 0 Å². The summed E-state index contributed by atoms with van der Waals surface area (Å²) in [5.41, 5.74) is 7.82. The predicted octanol–water partition coefficient (Wildman–Crippen LogP) is 2.42. The molecule has 0 amide bonds. The molecule has 1 rings (SSSR count). The van der Waals surface area contributed by atoms with Crippen molar-refractivity contribution in [2.75, 3.05) is 6.54 Å². The van der Waals surface area contributed by atoms with Crippen LogP contribution in [-0.4, -0.2) is 18.3 Å². The van der Waals surface area contributed by atoms with Gasteiger partial charge >= 0.3 is 5.97 Å². The van der Waals surface area contributed by atoms with Gasteiger partial charge in [0.2, 0.25) is 0 Å². The number of hydrogen-bond acceptors (Lipinski definition) is 4. The number of rotatable bonds is 5. The van der Waals surface area contributed by atoms with Crippen molar-refractivity contribution in [3.05, 3.63) is 28.8 Å². The molecule has 1 aromatic rings. The second-order valence-corrected chi connectivity index (χ2v) is 5.90. The zero-order valence-corrected chi connectivity index (χ0v) is 12.9. The van der Waals surface area contributed by atoms with Gasteiger partial charge in [0.05, 0.1) is 6.54 Å². The van der Waals surface area contributed by atoms with Gasteiger partial charge in [0.25, 0.3) is 0 Å². The quantitative estimate of drug-likeness (QED) is 0.663. The third kappa shape index (κ3) is 3.90. The summed E-state index contributed by atoms with van der Waals surface area (Å²) in [6.45, 7) is 9.26. The zero-order valence-electron chi connectivity index (χ0n) is 12.9. The van der Waals surface area contributed by atoms with Crippen LogP contribution in [0.1, 0.15) is 43.9 Å². The lowest BCUT2D eigenvalue weighted by atomic mass is 9.77. The molecule has 0 spiro atoms. The van der Waals surface area contributed by atoms with Crippen LogP contribution in [0.15, 0.2) is 12.1 Å². The Kier molecular flexibility index (Phi) is 5.06. The standard InChI is InChI=1S/C16H23NO3/c1-10-6-11(2)15(16(4,5)8-12(3)18)13(7-10)20-14(19)9-17/h6-7H,8-9,17H2,1-5H3. The van der Waals surface area contributed by atoms with E-state index in [2.05, 4.69) is 0 Å². The highest BCUT2D eigenvalue weighted by Gasteiger charge is 2.29. The van der Waals surface area contributed by atoms with Crippen molar-refractivity contribution in [2.24, 2.45) is 5.73 Å². The van der Waals surface area contributed by atoms with Crippen molar-refractivity contribution in [1.29, 1.82) is 0 Å². The van der Waals surface area contributed by atoms with Crippen molar-refractivity contribution in [3.63, 3.8) is 0 Å². The van der Waals surface area contributed by atoms with Gasteiger partial charge in [-0.15, -0.1) is 0 Å². The lowest BCUT2D eigenvalue weighted by Crippen LogP contribution is -2.26. The molecule has 0 aromatic heterocycles. The lowest BCUT2D eigenvalue weighted by molar-refractivity contribution is -0.132. The Morgan fingerprint density at radius 3 is 2.35 bits per heavy atom. The van der Waals surface area contributed by atoms with E-state index in [1.807, 2.05) is 39.8 Å². The van der Waals surface area contributed by atoms with Crippen molar-refractivity contribution < 1.29 is 14.3 Å². The van der Waals surface area contributed by atoms with E-state index in [0.29, 0.717) is 12.2 Å².